The lowest BCUT2D eigenvalue weighted by Crippen LogP contribution is -1.89. The summed E-state index contributed by atoms with van der Waals surface area (Å²) in [6.07, 6.45) is 11.5. The van der Waals surface area contributed by atoms with E-state index >= 15 is 0 Å². The Morgan fingerprint density at radius 3 is 3.20 bits per heavy atom. The van der Waals surface area contributed by atoms with Crippen molar-refractivity contribution in [3.63, 3.8) is 0 Å². The summed E-state index contributed by atoms with van der Waals surface area (Å²) in [5, 5.41) is 0. The molecular weight excluding hydrogens is 124 g/mol. The summed E-state index contributed by atoms with van der Waals surface area (Å²) in [6, 6.07) is 0. The summed E-state index contributed by atoms with van der Waals surface area (Å²) >= 11 is 0. The van der Waals surface area contributed by atoms with E-state index in [-0.39, 0.29) is 0 Å². The van der Waals surface area contributed by atoms with Crippen molar-refractivity contribution in [2.24, 2.45) is 0 Å². The fourth-order valence-electron chi connectivity index (χ4n) is 0.897. The quantitative estimate of drug-likeness (QED) is 0.564. The van der Waals surface area contributed by atoms with Gasteiger partial charge in [0.25, 0.3) is 0 Å². The highest BCUT2D eigenvalue weighted by Crippen LogP contribution is 2.04. The van der Waals surface area contributed by atoms with Crippen LogP contribution in [0.15, 0.2) is 36.0 Å². The molecular formula is C9H12O. The van der Waals surface area contributed by atoms with E-state index in [9.17, 15) is 0 Å². The summed E-state index contributed by atoms with van der Waals surface area (Å²) in [4.78, 5) is 0. The molecule has 0 spiro atoms. The van der Waals surface area contributed by atoms with Crippen molar-refractivity contribution >= 4 is 0 Å². The second kappa shape index (κ2) is 4.07. The number of methoxy groups -OCH3 is 1. The van der Waals surface area contributed by atoms with E-state index in [1.807, 2.05) is 6.08 Å². The first-order valence-corrected chi connectivity index (χ1v) is 3.44. The third-order valence-electron chi connectivity index (χ3n) is 1.38. The van der Waals surface area contributed by atoms with Gasteiger partial charge < -0.3 is 4.74 Å². The Kier molecular flexibility index (Phi) is 2.97. The molecule has 0 heterocycles. The molecule has 0 unspecified atom stereocenters. The van der Waals surface area contributed by atoms with Gasteiger partial charge in [-0.25, -0.2) is 0 Å². The molecule has 0 aromatic heterocycles. The molecule has 0 fully saturated rings. The van der Waals surface area contributed by atoms with Crippen LogP contribution in [-0.2, 0) is 4.74 Å². The van der Waals surface area contributed by atoms with Crippen LogP contribution in [0.3, 0.4) is 0 Å². The van der Waals surface area contributed by atoms with E-state index in [1.54, 1.807) is 7.11 Å². The van der Waals surface area contributed by atoms with Gasteiger partial charge in [0, 0.05) is 7.11 Å². The molecule has 0 aromatic rings. The van der Waals surface area contributed by atoms with E-state index in [4.69, 9.17) is 4.74 Å². The van der Waals surface area contributed by atoms with Gasteiger partial charge in [0.1, 0.15) is 0 Å². The van der Waals surface area contributed by atoms with Crippen LogP contribution in [0.1, 0.15) is 6.42 Å². The van der Waals surface area contributed by atoms with Gasteiger partial charge in [-0.2, -0.15) is 0 Å². The summed E-state index contributed by atoms with van der Waals surface area (Å²) < 4.78 is 4.99. The molecule has 0 aromatic carbocycles. The first-order chi connectivity index (χ1) is 4.93. The fourth-order valence-corrected chi connectivity index (χ4v) is 0.897. The van der Waals surface area contributed by atoms with Crippen LogP contribution in [-0.4, -0.2) is 13.7 Å². The van der Waals surface area contributed by atoms with Gasteiger partial charge in [-0.1, -0.05) is 30.4 Å². The van der Waals surface area contributed by atoms with Crippen LogP contribution in [0.4, 0.5) is 0 Å². The first-order valence-electron chi connectivity index (χ1n) is 3.44. The maximum atomic E-state index is 4.99. The topological polar surface area (TPSA) is 9.23 Å². The van der Waals surface area contributed by atoms with Crippen molar-refractivity contribution in [2.45, 2.75) is 6.42 Å². The molecule has 1 heteroatoms. The molecule has 0 bridgehead atoms. The summed E-state index contributed by atoms with van der Waals surface area (Å²) in [5.74, 6) is 0. The van der Waals surface area contributed by atoms with Crippen LogP contribution >= 0.6 is 0 Å². The SMILES string of the molecule is COCC1=CCC=CC=C1. The zero-order chi connectivity index (χ0) is 7.23. The van der Waals surface area contributed by atoms with Gasteiger partial charge in [-0.05, 0) is 12.0 Å². The summed E-state index contributed by atoms with van der Waals surface area (Å²) in [7, 11) is 1.72. The summed E-state index contributed by atoms with van der Waals surface area (Å²) in [6.45, 7) is 0.720. The minimum absolute atomic E-state index is 0.720. The van der Waals surface area contributed by atoms with Gasteiger partial charge in [-0.3, -0.25) is 0 Å². The highest BCUT2D eigenvalue weighted by atomic mass is 16.5. The molecule has 10 heavy (non-hydrogen) atoms. The van der Waals surface area contributed by atoms with Gasteiger partial charge in [0.05, 0.1) is 6.61 Å². The van der Waals surface area contributed by atoms with Gasteiger partial charge in [0.15, 0.2) is 0 Å². The number of rotatable bonds is 2. The maximum Gasteiger partial charge on any atom is 0.0710 e. The minimum atomic E-state index is 0.720. The molecule has 0 radical (unpaired) electrons. The predicted octanol–water partition coefficient (Wildman–Crippen LogP) is 2.08. The zero-order valence-corrected chi connectivity index (χ0v) is 6.21. The minimum Gasteiger partial charge on any atom is -0.380 e. The van der Waals surface area contributed by atoms with E-state index in [0.717, 1.165) is 13.0 Å². The third kappa shape index (κ3) is 2.19. The van der Waals surface area contributed by atoms with Crippen molar-refractivity contribution in [1.82, 2.24) is 0 Å². The Bertz CT molecular complexity index is 175. The van der Waals surface area contributed by atoms with E-state index in [0.29, 0.717) is 0 Å². The lowest BCUT2D eigenvalue weighted by atomic mass is 10.2. The van der Waals surface area contributed by atoms with Gasteiger partial charge in [0.2, 0.25) is 0 Å². The Morgan fingerprint density at radius 1 is 1.50 bits per heavy atom. The molecule has 1 aliphatic rings. The molecule has 0 saturated heterocycles. The highest BCUT2D eigenvalue weighted by Gasteiger charge is 1.90. The lowest BCUT2D eigenvalue weighted by Gasteiger charge is -1.96. The number of hydrogen-bond donors (Lipinski definition) is 0. The zero-order valence-electron chi connectivity index (χ0n) is 6.21. The van der Waals surface area contributed by atoms with E-state index in [2.05, 4.69) is 24.3 Å². The Labute approximate surface area is 61.7 Å². The van der Waals surface area contributed by atoms with Crippen molar-refractivity contribution in [3.8, 4) is 0 Å². The highest BCUT2D eigenvalue weighted by molar-refractivity contribution is 5.26. The van der Waals surface area contributed by atoms with Crippen molar-refractivity contribution in [1.29, 1.82) is 0 Å². The average molecular weight is 136 g/mol. The largest absolute Gasteiger partial charge is 0.380 e. The van der Waals surface area contributed by atoms with E-state index < -0.39 is 0 Å². The maximum absolute atomic E-state index is 4.99. The Hall–Kier alpha value is -0.820. The first kappa shape index (κ1) is 7.29. The molecule has 0 amide bonds. The van der Waals surface area contributed by atoms with Crippen molar-refractivity contribution in [2.75, 3.05) is 13.7 Å². The molecule has 0 atom stereocenters. The molecule has 0 N–H and O–H groups in total. The van der Waals surface area contributed by atoms with Crippen LogP contribution in [0.25, 0.3) is 0 Å². The Morgan fingerprint density at radius 2 is 2.40 bits per heavy atom. The van der Waals surface area contributed by atoms with Gasteiger partial charge >= 0.3 is 0 Å². The average Bonchev–Trinajstić information content (AvgIpc) is 2.17. The summed E-state index contributed by atoms with van der Waals surface area (Å²) in [5.41, 5.74) is 1.26. The fraction of sp³-hybridized carbons (Fsp3) is 0.333. The van der Waals surface area contributed by atoms with Crippen LogP contribution in [0.5, 0.6) is 0 Å². The second-order valence-electron chi connectivity index (χ2n) is 2.24. The monoisotopic (exact) mass is 136 g/mol. The molecule has 1 rings (SSSR count). The number of ether oxygens (including phenoxy) is 1. The number of allylic oxidation sites excluding steroid dienone is 4. The standard InChI is InChI=1S/C9H12O/c1-10-8-9-6-4-2-3-5-7-9/h2-4,6-7H,5,8H2,1H3. The molecule has 0 aliphatic heterocycles. The van der Waals surface area contributed by atoms with Crippen molar-refractivity contribution < 1.29 is 4.74 Å². The molecule has 0 saturated carbocycles. The number of hydrogen-bond acceptors (Lipinski definition) is 1. The van der Waals surface area contributed by atoms with E-state index in [1.165, 1.54) is 5.57 Å². The van der Waals surface area contributed by atoms with Crippen LogP contribution in [0, 0.1) is 0 Å². The third-order valence-corrected chi connectivity index (χ3v) is 1.38. The molecule has 54 valence electrons. The predicted molar refractivity (Wildman–Crippen MR) is 42.9 cm³/mol. The van der Waals surface area contributed by atoms with Crippen molar-refractivity contribution in [3.05, 3.63) is 36.0 Å². The smallest absolute Gasteiger partial charge is 0.0710 e. The Balaban J connectivity index is 2.51. The van der Waals surface area contributed by atoms with Crippen LogP contribution in [0.2, 0.25) is 0 Å². The molecule has 1 nitrogen and oxygen atoms in total. The second-order valence-corrected chi connectivity index (χ2v) is 2.24. The lowest BCUT2D eigenvalue weighted by molar-refractivity contribution is 0.228. The van der Waals surface area contributed by atoms with Crippen LogP contribution < -0.4 is 0 Å². The van der Waals surface area contributed by atoms with Gasteiger partial charge in [-0.15, -0.1) is 0 Å². The molecule has 1 aliphatic carbocycles. The normalized spacial score (nSPS) is 16.7.